The topological polar surface area (TPSA) is 54.3 Å². The van der Waals surface area contributed by atoms with E-state index in [-0.39, 0.29) is 11.9 Å². The molecule has 4 nitrogen and oxygen atoms in total. The van der Waals surface area contributed by atoms with E-state index >= 15 is 0 Å². The Balaban J connectivity index is 1.67. The third kappa shape index (κ3) is 5.73. The Morgan fingerprint density at radius 1 is 1.29 bits per heavy atom. The van der Waals surface area contributed by atoms with Gasteiger partial charge in [0.15, 0.2) is 0 Å². The number of halogens is 1. The molecule has 2 N–H and O–H groups in total. The van der Waals surface area contributed by atoms with Gasteiger partial charge < -0.3 is 15.1 Å². The SMILES string of the molecule is CC(CCc1ccco1)NCC(=O)Nc1ccc(Br)cc1. The first-order valence-corrected chi connectivity index (χ1v) is 7.74. The summed E-state index contributed by atoms with van der Waals surface area (Å²) in [7, 11) is 0. The number of hydrogen-bond acceptors (Lipinski definition) is 3. The van der Waals surface area contributed by atoms with Crippen LogP contribution in [0.1, 0.15) is 19.1 Å². The van der Waals surface area contributed by atoms with Crippen molar-refractivity contribution in [1.29, 1.82) is 0 Å². The fraction of sp³-hybridized carbons (Fsp3) is 0.312. The van der Waals surface area contributed by atoms with Gasteiger partial charge >= 0.3 is 0 Å². The van der Waals surface area contributed by atoms with E-state index in [0.29, 0.717) is 6.54 Å². The molecule has 2 aromatic rings. The Bertz CT molecular complexity index is 552. The van der Waals surface area contributed by atoms with E-state index in [2.05, 4.69) is 33.5 Å². The second-order valence-electron chi connectivity index (χ2n) is 4.96. The van der Waals surface area contributed by atoms with Gasteiger partial charge in [0.05, 0.1) is 12.8 Å². The van der Waals surface area contributed by atoms with Gasteiger partial charge in [-0.3, -0.25) is 4.79 Å². The minimum Gasteiger partial charge on any atom is -0.469 e. The Morgan fingerprint density at radius 3 is 2.71 bits per heavy atom. The number of nitrogens with one attached hydrogen (secondary N) is 2. The summed E-state index contributed by atoms with van der Waals surface area (Å²) in [6, 6.07) is 11.6. The molecule has 0 aliphatic carbocycles. The van der Waals surface area contributed by atoms with Crippen molar-refractivity contribution in [1.82, 2.24) is 5.32 Å². The smallest absolute Gasteiger partial charge is 0.238 e. The Labute approximate surface area is 133 Å². The zero-order valence-corrected chi connectivity index (χ0v) is 13.5. The normalized spacial score (nSPS) is 12.1. The highest BCUT2D eigenvalue weighted by molar-refractivity contribution is 9.10. The summed E-state index contributed by atoms with van der Waals surface area (Å²) in [5.41, 5.74) is 0.799. The van der Waals surface area contributed by atoms with Crippen LogP contribution >= 0.6 is 15.9 Å². The Hall–Kier alpha value is -1.59. The fourth-order valence-corrected chi connectivity index (χ4v) is 2.19. The van der Waals surface area contributed by atoms with Crippen LogP contribution in [0, 0.1) is 0 Å². The van der Waals surface area contributed by atoms with Gasteiger partial charge in [0, 0.05) is 22.6 Å². The number of carbonyl (C=O) groups excluding carboxylic acids is 1. The number of aryl methyl sites for hydroxylation is 1. The molecule has 112 valence electrons. The van der Waals surface area contributed by atoms with Crippen molar-refractivity contribution < 1.29 is 9.21 Å². The molecule has 1 aromatic carbocycles. The lowest BCUT2D eigenvalue weighted by Crippen LogP contribution is -2.34. The molecule has 0 spiro atoms. The first kappa shape index (κ1) is 15.8. The van der Waals surface area contributed by atoms with E-state index in [1.54, 1.807) is 6.26 Å². The minimum atomic E-state index is -0.0397. The van der Waals surface area contributed by atoms with Gasteiger partial charge in [-0.25, -0.2) is 0 Å². The van der Waals surface area contributed by atoms with Crippen LogP contribution in [-0.4, -0.2) is 18.5 Å². The first-order valence-electron chi connectivity index (χ1n) is 6.94. The van der Waals surface area contributed by atoms with Crippen LogP contribution < -0.4 is 10.6 Å². The molecular weight excluding hydrogens is 332 g/mol. The van der Waals surface area contributed by atoms with Gasteiger partial charge in [0.25, 0.3) is 0 Å². The Morgan fingerprint density at radius 2 is 2.05 bits per heavy atom. The van der Waals surface area contributed by atoms with Crippen LogP contribution in [0.4, 0.5) is 5.69 Å². The quantitative estimate of drug-likeness (QED) is 0.802. The van der Waals surface area contributed by atoms with Crippen LogP contribution in [-0.2, 0) is 11.2 Å². The largest absolute Gasteiger partial charge is 0.469 e. The molecule has 5 heteroatoms. The van der Waals surface area contributed by atoms with Gasteiger partial charge in [-0.05, 0) is 49.7 Å². The zero-order valence-electron chi connectivity index (χ0n) is 11.9. The molecule has 0 fully saturated rings. The lowest BCUT2D eigenvalue weighted by Gasteiger charge is -2.13. The molecule has 0 bridgehead atoms. The maximum atomic E-state index is 11.8. The first-order chi connectivity index (χ1) is 10.1. The van der Waals surface area contributed by atoms with E-state index in [9.17, 15) is 4.79 Å². The summed E-state index contributed by atoms with van der Waals surface area (Å²) < 4.78 is 6.28. The number of hydrogen-bond donors (Lipinski definition) is 2. The predicted octanol–water partition coefficient (Wildman–Crippen LogP) is 3.59. The molecule has 1 unspecified atom stereocenters. The molecule has 21 heavy (non-hydrogen) atoms. The highest BCUT2D eigenvalue weighted by Crippen LogP contribution is 2.13. The van der Waals surface area contributed by atoms with Crippen LogP contribution in [0.2, 0.25) is 0 Å². The third-order valence-electron chi connectivity index (χ3n) is 3.14. The van der Waals surface area contributed by atoms with Gasteiger partial charge in [-0.2, -0.15) is 0 Å². The fourth-order valence-electron chi connectivity index (χ4n) is 1.92. The number of rotatable bonds is 7. The van der Waals surface area contributed by atoms with Crippen molar-refractivity contribution in [3.05, 3.63) is 52.9 Å². The molecule has 1 heterocycles. The maximum Gasteiger partial charge on any atom is 0.238 e. The van der Waals surface area contributed by atoms with E-state index in [1.165, 1.54) is 0 Å². The van der Waals surface area contributed by atoms with Crippen molar-refractivity contribution in [2.75, 3.05) is 11.9 Å². The number of amides is 1. The molecule has 1 aromatic heterocycles. The molecule has 1 amide bonds. The molecule has 1 atom stereocenters. The second-order valence-corrected chi connectivity index (χ2v) is 5.87. The van der Waals surface area contributed by atoms with Crippen molar-refractivity contribution in [3.63, 3.8) is 0 Å². The maximum absolute atomic E-state index is 11.8. The molecule has 0 aliphatic heterocycles. The zero-order chi connectivity index (χ0) is 15.1. The van der Waals surface area contributed by atoms with E-state index < -0.39 is 0 Å². The van der Waals surface area contributed by atoms with Crippen LogP contribution in [0.3, 0.4) is 0 Å². The third-order valence-corrected chi connectivity index (χ3v) is 3.67. The van der Waals surface area contributed by atoms with E-state index in [1.807, 2.05) is 36.4 Å². The minimum absolute atomic E-state index is 0.0397. The van der Waals surface area contributed by atoms with Gasteiger partial charge in [-0.1, -0.05) is 15.9 Å². The predicted molar refractivity (Wildman–Crippen MR) is 87.3 cm³/mol. The van der Waals surface area contributed by atoms with Gasteiger partial charge in [0.2, 0.25) is 5.91 Å². The van der Waals surface area contributed by atoms with Crippen molar-refractivity contribution in [2.45, 2.75) is 25.8 Å². The summed E-state index contributed by atoms with van der Waals surface area (Å²) in [6.45, 7) is 2.37. The second kappa shape index (κ2) is 8.00. The van der Waals surface area contributed by atoms with Crippen molar-refractivity contribution in [3.8, 4) is 0 Å². The van der Waals surface area contributed by atoms with Crippen LogP contribution in [0.15, 0.2) is 51.6 Å². The highest BCUT2D eigenvalue weighted by atomic mass is 79.9. The van der Waals surface area contributed by atoms with Gasteiger partial charge in [-0.15, -0.1) is 0 Å². The summed E-state index contributed by atoms with van der Waals surface area (Å²) in [5.74, 6) is 0.935. The van der Waals surface area contributed by atoms with Crippen molar-refractivity contribution >= 4 is 27.5 Å². The average Bonchev–Trinajstić information content (AvgIpc) is 2.99. The summed E-state index contributed by atoms with van der Waals surface area (Å²) >= 11 is 3.36. The lowest BCUT2D eigenvalue weighted by atomic mass is 10.1. The summed E-state index contributed by atoms with van der Waals surface area (Å²) in [5, 5.41) is 6.07. The molecule has 0 radical (unpaired) electrons. The van der Waals surface area contributed by atoms with E-state index in [0.717, 1.165) is 28.8 Å². The van der Waals surface area contributed by atoms with E-state index in [4.69, 9.17) is 4.42 Å². The van der Waals surface area contributed by atoms with Crippen molar-refractivity contribution in [2.24, 2.45) is 0 Å². The van der Waals surface area contributed by atoms with Gasteiger partial charge in [0.1, 0.15) is 5.76 Å². The molecule has 2 rings (SSSR count). The molecule has 0 saturated heterocycles. The number of anilines is 1. The number of carbonyl (C=O) groups is 1. The molecular formula is C16H19BrN2O2. The highest BCUT2D eigenvalue weighted by Gasteiger charge is 2.07. The van der Waals surface area contributed by atoms with Crippen LogP contribution in [0.5, 0.6) is 0 Å². The summed E-state index contributed by atoms with van der Waals surface area (Å²) in [4.78, 5) is 11.8. The number of benzene rings is 1. The summed E-state index contributed by atoms with van der Waals surface area (Å²) in [6.07, 6.45) is 3.48. The average molecular weight is 351 g/mol. The standard InChI is InChI=1S/C16H19BrN2O2/c1-12(4-9-15-3-2-10-21-15)18-11-16(20)19-14-7-5-13(17)6-8-14/h2-3,5-8,10,12,18H,4,9,11H2,1H3,(H,19,20). The monoisotopic (exact) mass is 350 g/mol. The Kier molecular flexibility index (Phi) is 6.02. The lowest BCUT2D eigenvalue weighted by molar-refractivity contribution is -0.115. The molecule has 0 saturated carbocycles. The molecule has 0 aliphatic rings. The van der Waals surface area contributed by atoms with Crippen LogP contribution in [0.25, 0.3) is 0 Å². The number of furan rings is 1.